The molecule has 1 aromatic heterocycles. The van der Waals surface area contributed by atoms with E-state index >= 15 is 0 Å². The van der Waals surface area contributed by atoms with E-state index in [1.165, 1.54) is 0 Å². The lowest BCUT2D eigenvalue weighted by atomic mass is 10.1. The van der Waals surface area contributed by atoms with Gasteiger partial charge in [0.05, 0.1) is 25.2 Å². The summed E-state index contributed by atoms with van der Waals surface area (Å²) in [6, 6.07) is 7.35. The monoisotopic (exact) mass is 305 g/mol. The summed E-state index contributed by atoms with van der Waals surface area (Å²) in [4.78, 5) is 12.4. The third kappa shape index (κ3) is 3.14. The second-order valence-electron chi connectivity index (χ2n) is 5.01. The van der Waals surface area contributed by atoms with Crippen molar-refractivity contribution in [1.82, 2.24) is 4.57 Å². The average molecular weight is 305 g/mol. The smallest absolute Gasteiger partial charge is 0.258 e. The van der Waals surface area contributed by atoms with E-state index in [0.29, 0.717) is 44.1 Å². The first-order chi connectivity index (χ1) is 10.8. The van der Waals surface area contributed by atoms with Crippen molar-refractivity contribution in [2.24, 2.45) is 0 Å². The van der Waals surface area contributed by atoms with Gasteiger partial charge in [0.1, 0.15) is 12.4 Å². The molecular formula is C16H19NO5. The van der Waals surface area contributed by atoms with Gasteiger partial charge in [0.2, 0.25) is 0 Å². The summed E-state index contributed by atoms with van der Waals surface area (Å²) in [6.07, 6.45) is 1.43. The molecule has 1 aliphatic heterocycles. The molecule has 0 unspecified atom stereocenters. The Kier molecular flexibility index (Phi) is 4.72. The van der Waals surface area contributed by atoms with Crippen LogP contribution in [-0.2, 0) is 20.8 Å². The number of aromatic nitrogens is 1. The second-order valence-corrected chi connectivity index (χ2v) is 5.01. The van der Waals surface area contributed by atoms with Gasteiger partial charge in [-0.05, 0) is 18.2 Å². The first kappa shape index (κ1) is 15.0. The van der Waals surface area contributed by atoms with Crippen molar-refractivity contribution >= 4 is 10.8 Å². The fourth-order valence-electron chi connectivity index (χ4n) is 2.44. The largest absolute Gasteiger partial charge is 0.488 e. The number of pyridine rings is 1. The Balaban J connectivity index is 1.85. The molecule has 0 aliphatic carbocycles. The minimum atomic E-state index is -0.336. The van der Waals surface area contributed by atoms with E-state index in [2.05, 4.69) is 0 Å². The summed E-state index contributed by atoms with van der Waals surface area (Å²) >= 11 is 0. The molecule has 6 heteroatoms. The van der Waals surface area contributed by atoms with Crippen molar-refractivity contribution in [3.63, 3.8) is 0 Å². The second kappa shape index (κ2) is 6.91. The zero-order valence-electron chi connectivity index (χ0n) is 12.5. The molecule has 0 bridgehead atoms. The van der Waals surface area contributed by atoms with E-state index in [4.69, 9.17) is 18.9 Å². The molecule has 0 amide bonds. The van der Waals surface area contributed by atoms with E-state index in [1.807, 2.05) is 18.2 Å². The molecule has 1 aromatic carbocycles. The molecule has 2 heterocycles. The molecule has 22 heavy (non-hydrogen) atoms. The molecule has 1 aliphatic rings. The zero-order chi connectivity index (χ0) is 15.4. The van der Waals surface area contributed by atoms with Crippen LogP contribution in [0.2, 0.25) is 0 Å². The maximum atomic E-state index is 12.4. The molecule has 118 valence electrons. The van der Waals surface area contributed by atoms with Crippen LogP contribution in [0.5, 0.6) is 5.75 Å². The highest BCUT2D eigenvalue weighted by molar-refractivity contribution is 5.87. The number of nitrogens with zero attached hydrogens (tertiary/aromatic N) is 1. The molecule has 2 aromatic rings. The lowest BCUT2D eigenvalue weighted by Crippen LogP contribution is -2.22. The first-order valence-corrected chi connectivity index (χ1v) is 7.26. The maximum Gasteiger partial charge on any atom is 0.258 e. The zero-order valence-corrected chi connectivity index (χ0v) is 12.5. The molecule has 3 rings (SSSR count). The van der Waals surface area contributed by atoms with Gasteiger partial charge in [0, 0.05) is 25.2 Å². The fourth-order valence-corrected chi connectivity index (χ4v) is 2.44. The normalized spacial score (nSPS) is 15.5. The van der Waals surface area contributed by atoms with Gasteiger partial charge in [-0.15, -0.1) is 0 Å². The van der Waals surface area contributed by atoms with E-state index < -0.39 is 0 Å². The van der Waals surface area contributed by atoms with Gasteiger partial charge in [-0.3, -0.25) is 4.79 Å². The highest BCUT2D eigenvalue weighted by Crippen LogP contribution is 2.23. The molecule has 1 fully saturated rings. The SMILES string of the molecule is COCCn1ccc2c(OCC3OCCO3)cccc2c1=O. The van der Waals surface area contributed by atoms with Crippen LogP contribution in [0, 0.1) is 0 Å². The van der Waals surface area contributed by atoms with Gasteiger partial charge < -0.3 is 23.5 Å². The van der Waals surface area contributed by atoms with Crippen LogP contribution in [0.3, 0.4) is 0 Å². The summed E-state index contributed by atoms with van der Waals surface area (Å²) in [6.45, 7) is 2.52. The number of hydrogen-bond donors (Lipinski definition) is 0. The van der Waals surface area contributed by atoms with Gasteiger partial charge in [-0.25, -0.2) is 0 Å². The van der Waals surface area contributed by atoms with Gasteiger partial charge in [-0.2, -0.15) is 0 Å². The van der Waals surface area contributed by atoms with Gasteiger partial charge in [-0.1, -0.05) is 6.07 Å². The van der Waals surface area contributed by atoms with Crippen molar-refractivity contribution in [3.8, 4) is 5.75 Å². The lowest BCUT2D eigenvalue weighted by Gasteiger charge is -2.13. The van der Waals surface area contributed by atoms with Crippen LogP contribution in [0.4, 0.5) is 0 Å². The van der Waals surface area contributed by atoms with Crippen molar-refractivity contribution in [2.75, 3.05) is 33.5 Å². The highest BCUT2D eigenvalue weighted by Gasteiger charge is 2.17. The van der Waals surface area contributed by atoms with Crippen molar-refractivity contribution < 1.29 is 18.9 Å². The molecule has 6 nitrogen and oxygen atoms in total. The predicted molar refractivity (Wildman–Crippen MR) is 81.3 cm³/mol. The summed E-state index contributed by atoms with van der Waals surface area (Å²) < 4.78 is 23.1. The molecule has 0 spiro atoms. The Morgan fingerprint density at radius 2 is 2.05 bits per heavy atom. The molecule has 0 saturated carbocycles. The van der Waals surface area contributed by atoms with Crippen LogP contribution in [0.15, 0.2) is 35.3 Å². The standard InChI is InChI=1S/C16H19NO5/c1-19-8-7-17-6-5-12-13(16(17)18)3-2-4-14(12)22-11-15-20-9-10-21-15/h2-6,15H,7-11H2,1H3. The van der Waals surface area contributed by atoms with Crippen molar-refractivity contribution in [2.45, 2.75) is 12.8 Å². The van der Waals surface area contributed by atoms with Gasteiger partial charge in [0.15, 0.2) is 6.29 Å². The van der Waals surface area contributed by atoms with Crippen LogP contribution in [-0.4, -0.2) is 44.4 Å². The van der Waals surface area contributed by atoms with Crippen molar-refractivity contribution in [3.05, 3.63) is 40.8 Å². The third-order valence-corrected chi connectivity index (χ3v) is 3.58. The third-order valence-electron chi connectivity index (χ3n) is 3.58. The molecule has 0 atom stereocenters. The number of benzene rings is 1. The lowest BCUT2D eigenvalue weighted by molar-refractivity contribution is -0.0681. The number of hydrogen-bond acceptors (Lipinski definition) is 5. The minimum absolute atomic E-state index is 0.0478. The summed E-state index contributed by atoms with van der Waals surface area (Å²) in [5, 5.41) is 1.42. The molecule has 0 N–H and O–H groups in total. The Hall–Kier alpha value is -1.89. The number of methoxy groups -OCH3 is 1. The Bertz CT molecular complexity index is 690. The fraction of sp³-hybridized carbons (Fsp3) is 0.438. The van der Waals surface area contributed by atoms with E-state index in [-0.39, 0.29) is 11.8 Å². The molecule has 1 saturated heterocycles. The summed E-state index contributed by atoms with van der Waals surface area (Å²) in [7, 11) is 1.62. The van der Waals surface area contributed by atoms with E-state index in [9.17, 15) is 4.79 Å². The van der Waals surface area contributed by atoms with Crippen LogP contribution in [0.1, 0.15) is 0 Å². The van der Waals surface area contributed by atoms with Gasteiger partial charge >= 0.3 is 0 Å². The van der Waals surface area contributed by atoms with Crippen LogP contribution >= 0.6 is 0 Å². The molecular weight excluding hydrogens is 286 g/mol. The Morgan fingerprint density at radius 1 is 1.23 bits per heavy atom. The van der Waals surface area contributed by atoms with Gasteiger partial charge in [0.25, 0.3) is 5.56 Å². The van der Waals surface area contributed by atoms with Crippen LogP contribution < -0.4 is 10.3 Å². The predicted octanol–water partition coefficient (Wildman–Crippen LogP) is 1.40. The maximum absolute atomic E-state index is 12.4. The summed E-state index contributed by atoms with van der Waals surface area (Å²) in [5.74, 6) is 0.660. The topological polar surface area (TPSA) is 58.9 Å². The average Bonchev–Trinajstić information content (AvgIpc) is 3.06. The number of ether oxygens (including phenoxy) is 4. The number of fused-ring (bicyclic) bond motifs is 1. The highest BCUT2D eigenvalue weighted by atomic mass is 16.7. The number of rotatable bonds is 6. The summed E-state index contributed by atoms with van der Waals surface area (Å²) in [5.41, 5.74) is -0.0478. The first-order valence-electron chi connectivity index (χ1n) is 7.26. The molecule has 0 radical (unpaired) electrons. The van der Waals surface area contributed by atoms with E-state index in [0.717, 1.165) is 5.39 Å². The van der Waals surface area contributed by atoms with Crippen molar-refractivity contribution in [1.29, 1.82) is 0 Å². The quantitative estimate of drug-likeness (QED) is 0.807. The van der Waals surface area contributed by atoms with Crippen LogP contribution in [0.25, 0.3) is 10.8 Å². The van der Waals surface area contributed by atoms with E-state index in [1.54, 1.807) is 23.9 Å². The Labute approximate surface area is 128 Å². The Morgan fingerprint density at radius 3 is 2.82 bits per heavy atom. The minimum Gasteiger partial charge on any atom is -0.488 e.